The fourth-order valence-electron chi connectivity index (χ4n) is 2.39. The van der Waals surface area contributed by atoms with E-state index in [9.17, 15) is 4.79 Å². The van der Waals surface area contributed by atoms with Gasteiger partial charge in [0.25, 0.3) is 0 Å². The lowest BCUT2D eigenvalue weighted by molar-refractivity contribution is -0.126. The molecule has 1 fully saturated rings. The van der Waals surface area contributed by atoms with Crippen LogP contribution in [0, 0.1) is 0 Å². The Bertz CT molecular complexity index is 514. The number of carbonyl (C=O) groups is 1. The highest BCUT2D eigenvalue weighted by molar-refractivity contribution is 6.32. The second-order valence-corrected chi connectivity index (χ2v) is 6.01. The van der Waals surface area contributed by atoms with Crippen LogP contribution in [0.4, 0.5) is 5.69 Å². The molecule has 1 saturated heterocycles. The Hall–Kier alpha value is -1.30. The van der Waals surface area contributed by atoms with Gasteiger partial charge in [-0.05, 0) is 26.0 Å². The average Bonchev–Trinajstić information content (AvgIpc) is 2.50. The summed E-state index contributed by atoms with van der Waals surface area (Å²) in [6, 6.07) is 5.22. The molecule has 0 aromatic heterocycles. The van der Waals surface area contributed by atoms with Crippen molar-refractivity contribution in [1.82, 2.24) is 10.2 Å². The number of nitrogens with zero attached hydrogens (tertiary/aromatic N) is 1. The summed E-state index contributed by atoms with van der Waals surface area (Å²) in [4.78, 5) is 14.8. The summed E-state index contributed by atoms with van der Waals surface area (Å²) in [6.45, 7) is 7.44. The maximum absolute atomic E-state index is 12.6. The second kappa shape index (κ2) is 6.64. The summed E-state index contributed by atoms with van der Waals surface area (Å²) < 4.78 is 5.17. The molecule has 5 nitrogen and oxygen atoms in total. The van der Waals surface area contributed by atoms with Crippen LogP contribution in [0.5, 0.6) is 5.75 Å². The predicted molar refractivity (Wildman–Crippen MR) is 85.2 cm³/mol. The standard InChI is InChI=1S/C15H22ClN3O2/c1-15(2,19-8-6-17-7-9-19)14(20)18-11-4-5-12(16)13(10-11)21-3/h4-5,10,17H,6-9H2,1-3H3,(H,18,20). The number of hydrogen-bond donors (Lipinski definition) is 2. The Morgan fingerprint density at radius 1 is 1.38 bits per heavy atom. The number of amides is 1. The van der Waals surface area contributed by atoms with E-state index < -0.39 is 5.54 Å². The average molecular weight is 312 g/mol. The van der Waals surface area contributed by atoms with Gasteiger partial charge in [0.2, 0.25) is 5.91 Å². The van der Waals surface area contributed by atoms with Gasteiger partial charge in [0.15, 0.2) is 0 Å². The van der Waals surface area contributed by atoms with E-state index in [2.05, 4.69) is 15.5 Å². The zero-order valence-corrected chi connectivity index (χ0v) is 13.5. The van der Waals surface area contributed by atoms with Crippen LogP contribution in [0.1, 0.15) is 13.8 Å². The van der Waals surface area contributed by atoms with Crippen LogP contribution in [0.2, 0.25) is 5.02 Å². The molecule has 1 amide bonds. The van der Waals surface area contributed by atoms with E-state index in [0.29, 0.717) is 16.5 Å². The molecule has 116 valence electrons. The third kappa shape index (κ3) is 3.67. The first-order valence-electron chi connectivity index (χ1n) is 7.06. The van der Waals surface area contributed by atoms with Crippen molar-refractivity contribution in [3.63, 3.8) is 0 Å². The number of carbonyl (C=O) groups excluding carboxylic acids is 1. The van der Waals surface area contributed by atoms with Crippen molar-refractivity contribution in [3.8, 4) is 5.75 Å². The van der Waals surface area contributed by atoms with Crippen LogP contribution in [-0.2, 0) is 4.79 Å². The van der Waals surface area contributed by atoms with Gasteiger partial charge in [-0.3, -0.25) is 9.69 Å². The molecule has 1 aliphatic heterocycles. The van der Waals surface area contributed by atoms with Gasteiger partial charge in [-0.25, -0.2) is 0 Å². The molecule has 2 N–H and O–H groups in total. The minimum atomic E-state index is -0.561. The number of halogens is 1. The van der Waals surface area contributed by atoms with Crippen LogP contribution in [-0.4, -0.2) is 49.6 Å². The Balaban J connectivity index is 2.09. The van der Waals surface area contributed by atoms with Crippen molar-refractivity contribution in [2.45, 2.75) is 19.4 Å². The molecule has 0 spiro atoms. The first kappa shape index (κ1) is 16.1. The fourth-order valence-corrected chi connectivity index (χ4v) is 2.58. The van der Waals surface area contributed by atoms with Crippen molar-refractivity contribution in [1.29, 1.82) is 0 Å². The zero-order valence-electron chi connectivity index (χ0n) is 12.7. The largest absolute Gasteiger partial charge is 0.495 e. The predicted octanol–water partition coefficient (Wildman–Crippen LogP) is 1.97. The molecular weight excluding hydrogens is 290 g/mol. The lowest BCUT2D eigenvalue weighted by atomic mass is 10.0. The smallest absolute Gasteiger partial charge is 0.244 e. The molecule has 21 heavy (non-hydrogen) atoms. The molecule has 0 bridgehead atoms. The summed E-state index contributed by atoms with van der Waals surface area (Å²) in [6.07, 6.45) is 0. The molecule has 0 unspecified atom stereocenters. The highest BCUT2D eigenvalue weighted by atomic mass is 35.5. The summed E-state index contributed by atoms with van der Waals surface area (Å²) in [5, 5.41) is 6.76. The van der Waals surface area contributed by atoms with Gasteiger partial charge in [-0.15, -0.1) is 0 Å². The van der Waals surface area contributed by atoms with Crippen molar-refractivity contribution in [2.75, 3.05) is 38.6 Å². The first-order valence-corrected chi connectivity index (χ1v) is 7.43. The molecule has 0 radical (unpaired) electrons. The minimum Gasteiger partial charge on any atom is -0.495 e. The maximum atomic E-state index is 12.6. The van der Waals surface area contributed by atoms with Gasteiger partial charge in [-0.1, -0.05) is 11.6 Å². The van der Waals surface area contributed by atoms with Crippen molar-refractivity contribution >= 4 is 23.2 Å². The lowest BCUT2D eigenvalue weighted by Gasteiger charge is -2.39. The van der Waals surface area contributed by atoms with Crippen LogP contribution in [0.3, 0.4) is 0 Å². The molecule has 0 atom stereocenters. The van der Waals surface area contributed by atoms with E-state index >= 15 is 0 Å². The van der Waals surface area contributed by atoms with Gasteiger partial charge in [0, 0.05) is 37.9 Å². The van der Waals surface area contributed by atoms with Crippen molar-refractivity contribution in [2.24, 2.45) is 0 Å². The number of benzene rings is 1. The molecule has 1 aliphatic rings. The third-order valence-corrected chi connectivity index (χ3v) is 4.18. The number of anilines is 1. The Labute approximate surface area is 130 Å². The highest BCUT2D eigenvalue weighted by Crippen LogP contribution is 2.28. The summed E-state index contributed by atoms with van der Waals surface area (Å²) in [5.74, 6) is 0.517. The molecule has 0 saturated carbocycles. The van der Waals surface area contributed by atoms with Crippen molar-refractivity contribution < 1.29 is 9.53 Å². The zero-order chi connectivity index (χ0) is 15.5. The summed E-state index contributed by atoms with van der Waals surface area (Å²) >= 11 is 5.99. The molecule has 2 rings (SSSR count). The third-order valence-electron chi connectivity index (χ3n) is 3.87. The van der Waals surface area contributed by atoms with E-state index in [-0.39, 0.29) is 5.91 Å². The molecule has 1 aromatic carbocycles. The van der Waals surface area contributed by atoms with Gasteiger partial charge in [-0.2, -0.15) is 0 Å². The van der Waals surface area contributed by atoms with Crippen LogP contribution >= 0.6 is 11.6 Å². The quantitative estimate of drug-likeness (QED) is 0.892. The SMILES string of the molecule is COc1cc(NC(=O)C(C)(C)N2CCNCC2)ccc1Cl. The number of piperazine rings is 1. The molecule has 1 aromatic rings. The summed E-state index contributed by atoms with van der Waals surface area (Å²) in [7, 11) is 1.55. The Kier molecular flexibility index (Phi) is 5.08. The maximum Gasteiger partial charge on any atom is 0.244 e. The fraction of sp³-hybridized carbons (Fsp3) is 0.533. The van der Waals surface area contributed by atoms with E-state index in [1.165, 1.54) is 0 Å². The first-order chi connectivity index (χ1) is 9.95. The number of rotatable bonds is 4. The molecule has 6 heteroatoms. The summed E-state index contributed by atoms with van der Waals surface area (Å²) in [5.41, 5.74) is 0.124. The lowest BCUT2D eigenvalue weighted by Crippen LogP contribution is -2.58. The molecule has 0 aliphatic carbocycles. The monoisotopic (exact) mass is 311 g/mol. The number of hydrogen-bond acceptors (Lipinski definition) is 4. The van der Waals surface area contributed by atoms with Crippen molar-refractivity contribution in [3.05, 3.63) is 23.2 Å². The van der Waals surface area contributed by atoms with E-state index in [4.69, 9.17) is 16.3 Å². The van der Waals surface area contributed by atoms with Crippen LogP contribution < -0.4 is 15.4 Å². The Morgan fingerprint density at radius 3 is 2.67 bits per heavy atom. The van der Waals surface area contributed by atoms with Gasteiger partial charge in [0.1, 0.15) is 5.75 Å². The Morgan fingerprint density at radius 2 is 2.05 bits per heavy atom. The van der Waals surface area contributed by atoms with Gasteiger partial charge >= 0.3 is 0 Å². The van der Waals surface area contributed by atoms with Crippen LogP contribution in [0.15, 0.2) is 18.2 Å². The normalized spacial score (nSPS) is 16.6. The topological polar surface area (TPSA) is 53.6 Å². The van der Waals surface area contributed by atoms with E-state index in [1.807, 2.05) is 13.8 Å². The number of nitrogens with one attached hydrogen (secondary N) is 2. The molecule has 1 heterocycles. The van der Waals surface area contributed by atoms with Gasteiger partial charge < -0.3 is 15.4 Å². The molecular formula is C15H22ClN3O2. The second-order valence-electron chi connectivity index (χ2n) is 5.60. The van der Waals surface area contributed by atoms with Crippen LogP contribution in [0.25, 0.3) is 0 Å². The van der Waals surface area contributed by atoms with E-state index in [1.54, 1.807) is 25.3 Å². The number of methoxy groups -OCH3 is 1. The number of ether oxygens (including phenoxy) is 1. The minimum absolute atomic E-state index is 0.0335. The highest BCUT2D eigenvalue weighted by Gasteiger charge is 2.35. The van der Waals surface area contributed by atoms with E-state index in [0.717, 1.165) is 26.2 Å². The van der Waals surface area contributed by atoms with Gasteiger partial charge in [0.05, 0.1) is 17.7 Å².